The first-order valence-electron chi connectivity index (χ1n) is 8.91. The van der Waals surface area contributed by atoms with Crippen LogP contribution in [0.5, 0.6) is 0 Å². The average molecular weight is 407 g/mol. The summed E-state index contributed by atoms with van der Waals surface area (Å²) in [5.74, 6) is 1.48. The largest absolute Gasteiger partial charge is 0.378 e. The molecule has 0 radical (unpaired) electrons. The molecule has 1 aromatic heterocycles. The van der Waals surface area contributed by atoms with Gasteiger partial charge in [0.25, 0.3) is 5.91 Å². The van der Waals surface area contributed by atoms with E-state index in [1.807, 2.05) is 38.1 Å². The SMILES string of the molecule is CC(C)NC(=O)c1ccc(CSc2nc(Cl)cc(N3CCOCC3)n2)cc1. The third-order valence-electron chi connectivity index (χ3n) is 4.00. The summed E-state index contributed by atoms with van der Waals surface area (Å²) in [4.78, 5) is 23.1. The molecule has 1 aromatic carbocycles. The van der Waals surface area contributed by atoms with E-state index in [0.717, 1.165) is 24.5 Å². The summed E-state index contributed by atoms with van der Waals surface area (Å²) >= 11 is 7.71. The lowest BCUT2D eigenvalue weighted by molar-refractivity contribution is 0.0943. The Morgan fingerprint density at radius 3 is 2.63 bits per heavy atom. The summed E-state index contributed by atoms with van der Waals surface area (Å²) < 4.78 is 5.38. The summed E-state index contributed by atoms with van der Waals surface area (Å²) in [6.45, 7) is 6.88. The van der Waals surface area contributed by atoms with Gasteiger partial charge in [0.15, 0.2) is 5.16 Å². The lowest BCUT2D eigenvalue weighted by Gasteiger charge is -2.27. The van der Waals surface area contributed by atoms with Crippen LogP contribution in [0.25, 0.3) is 0 Å². The van der Waals surface area contributed by atoms with Gasteiger partial charge in [-0.2, -0.15) is 0 Å². The minimum Gasteiger partial charge on any atom is -0.378 e. The fourth-order valence-corrected chi connectivity index (χ4v) is 3.69. The maximum atomic E-state index is 12.0. The third-order valence-corrected chi connectivity index (χ3v) is 5.11. The fraction of sp³-hybridized carbons (Fsp3) is 0.421. The van der Waals surface area contributed by atoms with Crippen molar-refractivity contribution < 1.29 is 9.53 Å². The normalized spacial score (nSPS) is 14.4. The van der Waals surface area contributed by atoms with Gasteiger partial charge < -0.3 is 15.0 Å². The Bertz CT molecular complexity index is 780. The second kappa shape index (κ2) is 9.39. The number of amides is 1. The first-order chi connectivity index (χ1) is 13.0. The summed E-state index contributed by atoms with van der Waals surface area (Å²) in [5, 5.41) is 3.97. The summed E-state index contributed by atoms with van der Waals surface area (Å²) in [6.07, 6.45) is 0. The van der Waals surface area contributed by atoms with Crippen molar-refractivity contribution in [2.75, 3.05) is 31.2 Å². The van der Waals surface area contributed by atoms with Crippen LogP contribution in [0, 0.1) is 0 Å². The van der Waals surface area contributed by atoms with Crippen LogP contribution in [0.1, 0.15) is 29.8 Å². The van der Waals surface area contributed by atoms with Crippen molar-refractivity contribution in [3.63, 3.8) is 0 Å². The second-order valence-corrected chi connectivity index (χ2v) is 7.87. The van der Waals surface area contributed by atoms with Crippen molar-refractivity contribution in [3.8, 4) is 0 Å². The number of carbonyl (C=O) groups excluding carboxylic acids is 1. The molecule has 8 heteroatoms. The molecule has 2 heterocycles. The number of anilines is 1. The zero-order chi connectivity index (χ0) is 19.2. The number of hydrogen-bond acceptors (Lipinski definition) is 6. The number of morpholine rings is 1. The maximum absolute atomic E-state index is 12.0. The van der Waals surface area contributed by atoms with E-state index in [0.29, 0.717) is 34.8 Å². The monoisotopic (exact) mass is 406 g/mol. The highest BCUT2D eigenvalue weighted by atomic mass is 35.5. The van der Waals surface area contributed by atoms with Gasteiger partial charge in [-0.1, -0.05) is 35.5 Å². The fourth-order valence-electron chi connectivity index (χ4n) is 2.65. The third kappa shape index (κ3) is 5.82. The highest BCUT2D eigenvalue weighted by Gasteiger charge is 2.15. The number of hydrogen-bond donors (Lipinski definition) is 1. The van der Waals surface area contributed by atoms with Gasteiger partial charge in [-0.15, -0.1) is 0 Å². The van der Waals surface area contributed by atoms with Crippen LogP contribution >= 0.6 is 23.4 Å². The highest BCUT2D eigenvalue weighted by Crippen LogP contribution is 2.25. The molecule has 1 fully saturated rings. The van der Waals surface area contributed by atoms with E-state index in [2.05, 4.69) is 20.2 Å². The van der Waals surface area contributed by atoms with E-state index in [1.54, 1.807) is 6.07 Å². The molecule has 0 unspecified atom stereocenters. The average Bonchev–Trinajstić information content (AvgIpc) is 2.66. The quantitative estimate of drug-likeness (QED) is 0.450. The molecular formula is C19H23ClN4O2S. The Balaban J connectivity index is 1.62. The molecule has 1 aliphatic heterocycles. The molecule has 0 bridgehead atoms. The number of halogens is 1. The number of benzene rings is 1. The lowest BCUT2D eigenvalue weighted by atomic mass is 10.1. The number of nitrogens with one attached hydrogen (secondary N) is 1. The molecule has 3 rings (SSSR count). The maximum Gasteiger partial charge on any atom is 0.251 e. The molecule has 0 aliphatic carbocycles. The molecule has 1 N–H and O–H groups in total. The highest BCUT2D eigenvalue weighted by molar-refractivity contribution is 7.98. The number of aromatic nitrogens is 2. The molecule has 0 saturated carbocycles. The van der Waals surface area contributed by atoms with E-state index in [-0.39, 0.29) is 11.9 Å². The zero-order valence-corrected chi connectivity index (χ0v) is 17.0. The molecular weight excluding hydrogens is 384 g/mol. The second-order valence-electron chi connectivity index (χ2n) is 6.54. The molecule has 0 atom stereocenters. The van der Waals surface area contributed by atoms with E-state index in [1.165, 1.54) is 11.8 Å². The summed E-state index contributed by atoms with van der Waals surface area (Å²) in [5.41, 5.74) is 1.75. The molecule has 1 aliphatic rings. The zero-order valence-electron chi connectivity index (χ0n) is 15.4. The number of ether oxygens (including phenoxy) is 1. The van der Waals surface area contributed by atoms with E-state index >= 15 is 0 Å². The van der Waals surface area contributed by atoms with Crippen molar-refractivity contribution in [1.29, 1.82) is 0 Å². The molecule has 144 valence electrons. The standard InChI is InChI=1S/C19H23ClN4O2S/c1-13(2)21-18(25)15-5-3-14(4-6-15)12-27-19-22-16(20)11-17(23-19)24-7-9-26-10-8-24/h3-6,11,13H,7-10,12H2,1-2H3,(H,21,25). The molecule has 1 saturated heterocycles. The van der Waals surface area contributed by atoms with Gasteiger partial charge in [0.2, 0.25) is 0 Å². The predicted molar refractivity (Wildman–Crippen MR) is 109 cm³/mol. The van der Waals surface area contributed by atoms with Crippen LogP contribution in [0.4, 0.5) is 5.82 Å². The van der Waals surface area contributed by atoms with Crippen LogP contribution in [0.15, 0.2) is 35.5 Å². The Labute approximate surface area is 168 Å². The van der Waals surface area contributed by atoms with Crippen LogP contribution in [-0.2, 0) is 10.5 Å². The van der Waals surface area contributed by atoms with Crippen molar-refractivity contribution in [1.82, 2.24) is 15.3 Å². The smallest absolute Gasteiger partial charge is 0.251 e. The Morgan fingerprint density at radius 2 is 1.96 bits per heavy atom. The summed E-state index contributed by atoms with van der Waals surface area (Å²) in [7, 11) is 0. The molecule has 6 nitrogen and oxygen atoms in total. The molecule has 1 amide bonds. The van der Waals surface area contributed by atoms with Gasteiger partial charge in [-0.05, 0) is 31.5 Å². The first kappa shape index (κ1) is 19.9. The Hall–Kier alpha value is -1.83. The number of thioether (sulfide) groups is 1. The van der Waals surface area contributed by atoms with Crippen LogP contribution in [0.3, 0.4) is 0 Å². The van der Waals surface area contributed by atoms with E-state index in [4.69, 9.17) is 16.3 Å². The van der Waals surface area contributed by atoms with Gasteiger partial charge in [0.05, 0.1) is 13.2 Å². The number of carbonyl (C=O) groups is 1. The minimum atomic E-state index is -0.0578. The van der Waals surface area contributed by atoms with Gasteiger partial charge in [0, 0.05) is 36.5 Å². The van der Waals surface area contributed by atoms with Gasteiger partial charge in [-0.25, -0.2) is 9.97 Å². The van der Waals surface area contributed by atoms with Crippen molar-refractivity contribution >= 4 is 35.1 Å². The van der Waals surface area contributed by atoms with Crippen molar-refractivity contribution in [2.45, 2.75) is 30.8 Å². The van der Waals surface area contributed by atoms with Gasteiger partial charge in [0.1, 0.15) is 11.0 Å². The Kier molecular flexibility index (Phi) is 6.93. The first-order valence-corrected chi connectivity index (χ1v) is 10.3. The number of nitrogens with zero attached hydrogens (tertiary/aromatic N) is 3. The predicted octanol–water partition coefficient (Wildman–Crippen LogP) is 3.40. The van der Waals surface area contributed by atoms with Gasteiger partial charge in [-0.3, -0.25) is 4.79 Å². The van der Waals surface area contributed by atoms with E-state index in [9.17, 15) is 4.79 Å². The topological polar surface area (TPSA) is 67.4 Å². The molecule has 27 heavy (non-hydrogen) atoms. The number of rotatable bonds is 6. The van der Waals surface area contributed by atoms with Crippen LogP contribution < -0.4 is 10.2 Å². The summed E-state index contributed by atoms with van der Waals surface area (Å²) in [6, 6.07) is 9.50. The van der Waals surface area contributed by atoms with Crippen molar-refractivity contribution in [3.05, 3.63) is 46.6 Å². The van der Waals surface area contributed by atoms with Crippen LogP contribution in [0.2, 0.25) is 5.15 Å². The Morgan fingerprint density at radius 1 is 1.26 bits per heavy atom. The molecule has 2 aromatic rings. The van der Waals surface area contributed by atoms with Crippen molar-refractivity contribution in [2.24, 2.45) is 0 Å². The van der Waals surface area contributed by atoms with Gasteiger partial charge >= 0.3 is 0 Å². The molecule has 0 spiro atoms. The lowest BCUT2D eigenvalue weighted by Crippen LogP contribution is -2.36. The minimum absolute atomic E-state index is 0.0578. The van der Waals surface area contributed by atoms with E-state index < -0.39 is 0 Å². The van der Waals surface area contributed by atoms with Crippen LogP contribution in [-0.4, -0.2) is 48.2 Å².